The van der Waals surface area contributed by atoms with Crippen molar-refractivity contribution < 1.29 is 28.7 Å². The molecule has 0 saturated carbocycles. The normalized spacial score (nSPS) is 11.7. The highest BCUT2D eigenvalue weighted by Crippen LogP contribution is 2.44. The molecule has 0 atom stereocenters. The Bertz CT molecular complexity index is 2400. The molecule has 1 aliphatic rings. The fourth-order valence-electron chi connectivity index (χ4n) is 7.72. The molecule has 304 valence electrons. The van der Waals surface area contributed by atoms with Gasteiger partial charge in [-0.2, -0.15) is 0 Å². The van der Waals surface area contributed by atoms with E-state index in [9.17, 15) is 19.2 Å². The summed E-state index contributed by atoms with van der Waals surface area (Å²) >= 11 is 0. The number of nitrogens with zero attached hydrogens (tertiary/aromatic N) is 3. The average Bonchev–Trinajstić information content (AvgIpc) is 3.61. The van der Waals surface area contributed by atoms with Crippen LogP contribution in [-0.4, -0.2) is 50.7 Å². The zero-order chi connectivity index (χ0) is 42.2. The lowest BCUT2D eigenvalue weighted by Gasteiger charge is -2.26. The molecular weight excluding hydrogens is 751 g/mol. The van der Waals surface area contributed by atoms with Gasteiger partial charge in [0.2, 0.25) is 0 Å². The first-order valence-corrected chi connectivity index (χ1v) is 20.4. The molecule has 1 aliphatic carbocycles. The molecule has 9 heteroatoms. The number of anilines is 3. The molecule has 0 aliphatic heterocycles. The van der Waals surface area contributed by atoms with Crippen LogP contribution in [0.2, 0.25) is 0 Å². The Balaban J connectivity index is 1.08. The molecule has 0 radical (unpaired) electrons. The van der Waals surface area contributed by atoms with Crippen molar-refractivity contribution in [2.75, 3.05) is 41.5 Å². The molecule has 7 rings (SSSR count). The van der Waals surface area contributed by atoms with Crippen LogP contribution in [0.5, 0.6) is 0 Å². The largest absolute Gasteiger partial charge is 0.465 e. The van der Waals surface area contributed by atoms with Crippen LogP contribution in [0.4, 0.5) is 21.9 Å². The number of carbonyl (C=O) groups excluding carboxylic acids is 4. The number of amides is 3. The van der Waals surface area contributed by atoms with Crippen LogP contribution in [0.15, 0.2) is 152 Å². The topological polar surface area (TPSA) is 96.5 Å². The van der Waals surface area contributed by atoms with Gasteiger partial charge in [-0.1, -0.05) is 99.6 Å². The number of rotatable bonds is 14. The van der Waals surface area contributed by atoms with Crippen LogP contribution in [0.3, 0.4) is 0 Å². The van der Waals surface area contributed by atoms with Gasteiger partial charge in [-0.15, -0.1) is 0 Å². The van der Waals surface area contributed by atoms with E-state index in [4.69, 9.17) is 9.47 Å². The number of fused-ring (bicyclic) bond motifs is 3. The Morgan fingerprint density at radius 1 is 0.567 bits per heavy atom. The van der Waals surface area contributed by atoms with E-state index in [2.05, 4.69) is 24.3 Å². The quantitative estimate of drug-likeness (QED) is 0.102. The van der Waals surface area contributed by atoms with Crippen molar-refractivity contribution in [3.05, 3.63) is 185 Å². The van der Waals surface area contributed by atoms with Gasteiger partial charge >= 0.3 is 12.1 Å². The summed E-state index contributed by atoms with van der Waals surface area (Å²) in [7, 11) is 1.33. The Hall–Kier alpha value is -7.00. The van der Waals surface area contributed by atoms with Gasteiger partial charge in [0.25, 0.3) is 11.8 Å². The summed E-state index contributed by atoms with van der Waals surface area (Å²) in [5.41, 5.74) is 8.78. The Morgan fingerprint density at radius 3 is 1.55 bits per heavy atom. The summed E-state index contributed by atoms with van der Waals surface area (Å²) < 4.78 is 10.9. The van der Waals surface area contributed by atoms with Crippen LogP contribution in [-0.2, 0) is 16.0 Å². The smallest absolute Gasteiger partial charge is 0.414 e. The maximum absolute atomic E-state index is 14.1. The molecule has 6 aromatic rings. The molecule has 60 heavy (non-hydrogen) atoms. The van der Waals surface area contributed by atoms with E-state index in [0.29, 0.717) is 53.3 Å². The number of benzene rings is 6. The molecule has 0 fully saturated rings. The summed E-state index contributed by atoms with van der Waals surface area (Å²) in [6.45, 7) is 7.48. The van der Waals surface area contributed by atoms with Crippen molar-refractivity contribution in [1.29, 1.82) is 0 Å². The first-order valence-electron chi connectivity index (χ1n) is 20.4. The number of hydrogen-bond acceptors (Lipinski definition) is 6. The van der Waals surface area contributed by atoms with Gasteiger partial charge in [-0.25, -0.2) is 9.59 Å². The lowest BCUT2D eigenvalue weighted by atomic mass is 9.98. The van der Waals surface area contributed by atoms with Crippen LogP contribution < -0.4 is 14.7 Å². The second-order valence-corrected chi connectivity index (χ2v) is 15.3. The summed E-state index contributed by atoms with van der Waals surface area (Å²) in [5, 5.41) is 0. The van der Waals surface area contributed by atoms with E-state index in [-0.39, 0.29) is 36.8 Å². The third-order valence-corrected chi connectivity index (χ3v) is 10.7. The molecular formula is C51H49N3O6. The van der Waals surface area contributed by atoms with Gasteiger partial charge in [-0.05, 0) is 113 Å². The molecule has 0 bridgehead atoms. The van der Waals surface area contributed by atoms with Gasteiger partial charge in [0.1, 0.15) is 6.61 Å². The second kappa shape index (κ2) is 18.7. The fourth-order valence-corrected chi connectivity index (χ4v) is 7.72. The monoisotopic (exact) mass is 799 g/mol. The first-order chi connectivity index (χ1) is 29.2. The van der Waals surface area contributed by atoms with E-state index in [0.717, 1.165) is 27.8 Å². The number of carbonyl (C=O) groups is 4. The predicted molar refractivity (Wildman–Crippen MR) is 237 cm³/mol. The molecule has 0 N–H and O–H groups in total. The van der Waals surface area contributed by atoms with Crippen molar-refractivity contribution in [2.45, 2.75) is 39.7 Å². The number of esters is 1. The summed E-state index contributed by atoms with van der Waals surface area (Å²) in [6.07, 6.45) is 0.230. The molecule has 0 saturated heterocycles. The molecule has 0 spiro atoms. The van der Waals surface area contributed by atoms with E-state index >= 15 is 0 Å². The standard InChI is InChI=1S/C51H49N3O6/c1-5-31-52(40-25-19-38(20-26-40)49(56)53(32-35(2)3)41-29-23-39(24-30-41)50(57)59-4)48(55)37-21-27-42(28-22-37)54(33-36-13-7-6-8-14-36)51(58)60-34-47-45-17-11-9-15-43(45)44-16-10-12-18-46(44)47/h6-30,35,47H,5,31-34H2,1-4H3. The first kappa shape index (κ1) is 41.2. The Labute approximate surface area is 351 Å². The highest BCUT2D eigenvalue weighted by Gasteiger charge is 2.30. The maximum atomic E-state index is 14.1. The fraction of sp³-hybridized carbons (Fsp3) is 0.216. The van der Waals surface area contributed by atoms with Crippen molar-refractivity contribution in [2.24, 2.45) is 5.92 Å². The van der Waals surface area contributed by atoms with Gasteiger partial charge in [0.15, 0.2) is 0 Å². The van der Waals surface area contributed by atoms with Crippen LogP contribution >= 0.6 is 0 Å². The number of ether oxygens (including phenoxy) is 2. The third kappa shape index (κ3) is 9.00. The van der Waals surface area contributed by atoms with Gasteiger partial charge in [0.05, 0.1) is 19.2 Å². The lowest BCUT2D eigenvalue weighted by Crippen LogP contribution is -2.34. The summed E-state index contributed by atoms with van der Waals surface area (Å²) in [4.78, 5) is 59.0. The predicted octanol–water partition coefficient (Wildman–Crippen LogP) is 10.8. The molecule has 3 amide bonds. The highest BCUT2D eigenvalue weighted by atomic mass is 16.6. The van der Waals surface area contributed by atoms with E-state index < -0.39 is 12.1 Å². The van der Waals surface area contributed by atoms with Crippen molar-refractivity contribution >= 4 is 40.9 Å². The van der Waals surface area contributed by atoms with Crippen molar-refractivity contribution in [3.63, 3.8) is 0 Å². The van der Waals surface area contributed by atoms with E-state index in [1.807, 2.05) is 75.4 Å². The molecule has 9 nitrogen and oxygen atoms in total. The third-order valence-electron chi connectivity index (χ3n) is 10.7. The summed E-state index contributed by atoms with van der Waals surface area (Å²) in [5.74, 6) is -0.740. The van der Waals surface area contributed by atoms with Gasteiger partial charge in [0, 0.05) is 47.2 Å². The summed E-state index contributed by atoms with van der Waals surface area (Å²) in [6, 6.07) is 47.1. The van der Waals surface area contributed by atoms with Crippen LogP contribution in [0, 0.1) is 5.92 Å². The Morgan fingerprint density at radius 2 is 1.03 bits per heavy atom. The minimum absolute atomic E-state index is 0.0812. The molecule has 0 aromatic heterocycles. The maximum Gasteiger partial charge on any atom is 0.414 e. The van der Waals surface area contributed by atoms with Crippen LogP contribution in [0.1, 0.15) is 80.9 Å². The molecule has 6 aromatic carbocycles. The number of methoxy groups -OCH3 is 1. The molecule has 0 unspecified atom stereocenters. The zero-order valence-corrected chi connectivity index (χ0v) is 34.4. The number of hydrogen-bond donors (Lipinski definition) is 0. The van der Waals surface area contributed by atoms with Crippen molar-refractivity contribution in [3.8, 4) is 11.1 Å². The van der Waals surface area contributed by atoms with Gasteiger partial charge in [-0.3, -0.25) is 14.5 Å². The lowest BCUT2D eigenvalue weighted by molar-refractivity contribution is 0.0600. The average molecular weight is 800 g/mol. The minimum Gasteiger partial charge on any atom is -0.465 e. The van der Waals surface area contributed by atoms with E-state index in [1.54, 1.807) is 87.5 Å². The minimum atomic E-state index is -0.479. The zero-order valence-electron chi connectivity index (χ0n) is 34.4. The van der Waals surface area contributed by atoms with E-state index in [1.165, 1.54) is 7.11 Å². The van der Waals surface area contributed by atoms with Gasteiger partial charge < -0.3 is 19.3 Å². The molecule has 0 heterocycles. The highest BCUT2D eigenvalue weighted by molar-refractivity contribution is 6.08. The SMILES string of the molecule is CCCN(C(=O)c1ccc(N(Cc2ccccc2)C(=O)OCC2c3ccccc3-c3ccccc32)cc1)c1ccc(C(=O)N(CC(C)C)c2ccc(C(=O)OC)cc2)cc1. The van der Waals surface area contributed by atoms with Crippen molar-refractivity contribution in [1.82, 2.24) is 0 Å². The second-order valence-electron chi connectivity index (χ2n) is 15.3. The Kier molecular flexibility index (Phi) is 12.8. The van der Waals surface area contributed by atoms with Crippen LogP contribution in [0.25, 0.3) is 11.1 Å².